The topological polar surface area (TPSA) is 6.48 Å². The van der Waals surface area contributed by atoms with Gasteiger partial charge in [-0.15, -0.1) is 0 Å². The first-order valence-electron chi connectivity index (χ1n) is 22.6. The minimum absolute atomic E-state index is 1.12. The number of fused-ring (bicyclic) bond motifs is 4. The number of benzene rings is 10. The van der Waals surface area contributed by atoms with Gasteiger partial charge in [-0.3, -0.25) is 0 Å². The van der Waals surface area contributed by atoms with E-state index in [0.717, 1.165) is 56.4 Å². The first-order valence-corrected chi connectivity index (χ1v) is 22.6. The zero-order chi connectivity index (χ0) is 44.1. The second-order valence-electron chi connectivity index (χ2n) is 16.6. The number of rotatable bonds is 10. The van der Waals surface area contributed by atoms with Crippen molar-refractivity contribution >= 4 is 58.4 Å². The van der Waals surface area contributed by atoms with Gasteiger partial charge in [0.05, 0.1) is 0 Å². The molecule has 66 heavy (non-hydrogen) atoms. The molecule has 0 fully saturated rings. The van der Waals surface area contributed by atoms with Crippen molar-refractivity contribution in [1.29, 1.82) is 0 Å². The van der Waals surface area contributed by atoms with E-state index in [4.69, 9.17) is 0 Å². The van der Waals surface area contributed by atoms with Crippen LogP contribution in [0.5, 0.6) is 0 Å². The van der Waals surface area contributed by atoms with Gasteiger partial charge >= 0.3 is 0 Å². The van der Waals surface area contributed by atoms with Crippen LogP contribution < -0.4 is 9.80 Å². The highest BCUT2D eigenvalue weighted by molar-refractivity contribution is 5.79. The minimum atomic E-state index is 1.12. The van der Waals surface area contributed by atoms with Gasteiger partial charge in [-0.25, -0.2) is 0 Å². The molecule has 1 aliphatic rings. The summed E-state index contributed by atoms with van der Waals surface area (Å²) in [7, 11) is 0. The van der Waals surface area contributed by atoms with E-state index in [-0.39, 0.29) is 0 Å². The third-order valence-corrected chi connectivity index (χ3v) is 12.4. The van der Waals surface area contributed by atoms with Gasteiger partial charge in [-0.1, -0.05) is 194 Å². The average molecular weight is 843 g/mol. The number of para-hydroxylation sites is 4. The minimum Gasteiger partial charge on any atom is -0.311 e. The van der Waals surface area contributed by atoms with Gasteiger partial charge in [-0.05, 0) is 149 Å². The zero-order valence-corrected chi connectivity index (χ0v) is 36.5. The Morgan fingerprint density at radius 1 is 0.182 bits per heavy atom. The highest BCUT2D eigenvalue weighted by atomic mass is 15.1. The van der Waals surface area contributed by atoms with Crippen molar-refractivity contribution in [3.63, 3.8) is 0 Å². The number of hydrogen-bond acceptors (Lipinski definition) is 2. The number of hydrogen-bond donors (Lipinski definition) is 0. The SMILES string of the molecule is C(=Cc1ccc2c(c1)=c1ccccc1=c1ccc(C=Cc3ccc(N(c4ccccc4)c4ccccc4)cc3)cc1=c1ccccc1=2)c1ccc(N(c2ccccc2)c2ccccc2)cc1. The number of nitrogens with zero attached hydrogens (tertiary/aromatic N) is 2. The molecule has 0 unspecified atom stereocenters. The van der Waals surface area contributed by atoms with Gasteiger partial charge in [0.15, 0.2) is 0 Å². The van der Waals surface area contributed by atoms with Crippen molar-refractivity contribution in [2.24, 2.45) is 0 Å². The highest BCUT2D eigenvalue weighted by Crippen LogP contribution is 2.36. The maximum absolute atomic E-state index is 2.36. The maximum Gasteiger partial charge on any atom is 0.0462 e. The molecule has 10 aromatic carbocycles. The molecule has 0 saturated heterocycles. The summed E-state index contributed by atoms with van der Waals surface area (Å²) in [5.41, 5.74) is 11.3. The fourth-order valence-corrected chi connectivity index (χ4v) is 9.21. The predicted octanol–water partition coefficient (Wildman–Crippen LogP) is 16.4. The molecule has 0 atom stereocenters. The van der Waals surface area contributed by atoms with Crippen LogP contribution in [0.25, 0.3) is 24.3 Å². The molecule has 0 aromatic heterocycles. The second-order valence-corrected chi connectivity index (χ2v) is 16.6. The van der Waals surface area contributed by atoms with Crippen LogP contribution in [0.3, 0.4) is 0 Å². The molecule has 11 rings (SSSR count). The largest absolute Gasteiger partial charge is 0.311 e. The molecular weight excluding hydrogens is 797 g/mol. The van der Waals surface area contributed by atoms with E-state index in [9.17, 15) is 0 Å². The predicted molar refractivity (Wildman–Crippen MR) is 277 cm³/mol. The molecule has 1 aliphatic carbocycles. The summed E-state index contributed by atoms with van der Waals surface area (Å²) in [4.78, 5) is 4.58. The van der Waals surface area contributed by atoms with Crippen LogP contribution in [0, 0.1) is 41.7 Å². The van der Waals surface area contributed by atoms with Crippen LogP contribution in [0.4, 0.5) is 34.1 Å². The first-order chi connectivity index (χ1) is 32.7. The Morgan fingerprint density at radius 2 is 0.409 bits per heavy atom. The lowest BCUT2D eigenvalue weighted by Crippen LogP contribution is -2.09. The van der Waals surface area contributed by atoms with Gasteiger partial charge < -0.3 is 9.80 Å². The molecule has 0 spiro atoms. The lowest BCUT2D eigenvalue weighted by Gasteiger charge is -2.25. The van der Waals surface area contributed by atoms with E-state index in [2.05, 4.69) is 289 Å². The molecule has 0 N–H and O–H groups in total. The molecule has 0 amide bonds. The Morgan fingerprint density at radius 3 is 0.727 bits per heavy atom. The molecule has 0 aliphatic heterocycles. The van der Waals surface area contributed by atoms with Crippen LogP contribution in [-0.4, -0.2) is 0 Å². The van der Waals surface area contributed by atoms with Crippen molar-refractivity contribution < 1.29 is 0 Å². The monoisotopic (exact) mass is 842 g/mol. The van der Waals surface area contributed by atoms with Crippen molar-refractivity contribution in [2.45, 2.75) is 0 Å². The lowest BCUT2D eigenvalue weighted by atomic mass is 9.99. The Balaban J connectivity index is 0.953. The lowest BCUT2D eigenvalue weighted by molar-refractivity contribution is 1.28. The quantitative estimate of drug-likeness (QED) is 0.127. The van der Waals surface area contributed by atoms with Gasteiger partial charge in [0.2, 0.25) is 0 Å². The third-order valence-electron chi connectivity index (χ3n) is 12.4. The summed E-state index contributed by atoms with van der Waals surface area (Å²) < 4.78 is 0. The Labute approximate surface area is 385 Å². The van der Waals surface area contributed by atoms with Crippen molar-refractivity contribution in [3.8, 4) is 0 Å². The Bertz CT molecular complexity index is 3450. The smallest absolute Gasteiger partial charge is 0.0462 e. The van der Waals surface area contributed by atoms with E-state index in [1.807, 2.05) is 0 Å². The van der Waals surface area contributed by atoms with Crippen LogP contribution in [-0.2, 0) is 0 Å². The van der Waals surface area contributed by atoms with Gasteiger partial charge in [0.25, 0.3) is 0 Å². The third kappa shape index (κ3) is 8.16. The summed E-state index contributed by atoms with van der Waals surface area (Å²) in [6, 6.07) is 91.3. The summed E-state index contributed by atoms with van der Waals surface area (Å²) in [5.74, 6) is 0. The molecule has 312 valence electrons. The van der Waals surface area contributed by atoms with Crippen molar-refractivity contribution in [3.05, 3.63) is 319 Å². The standard InChI is InChI=1S/C64H46N2/c1-5-17-51(18-6-1)65(52-19-7-2-8-20-52)55-39-33-47(34-40-55)29-31-49-37-43-61-58-26-14-16-28-60(58)64-46-50(38-44-62(64)57-25-13-15-27-59(57)63(61)45-49)32-30-48-35-41-56(42-36-48)66(53-21-9-3-10-22-53)54-23-11-4-12-24-54/h1-46H. The van der Waals surface area contributed by atoms with Gasteiger partial charge in [0, 0.05) is 34.1 Å². The summed E-state index contributed by atoms with van der Waals surface area (Å²) in [6.45, 7) is 0. The average Bonchev–Trinajstić information content (AvgIpc) is 3.39. The summed E-state index contributed by atoms with van der Waals surface area (Å²) in [5, 5.41) is 9.84. The van der Waals surface area contributed by atoms with E-state index < -0.39 is 0 Å². The Hall–Kier alpha value is -8.72. The van der Waals surface area contributed by atoms with Crippen LogP contribution in [0.1, 0.15) is 22.3 Å². The van der Waals surface area contributed by atoms with E-state index in [1.165, 1.54) is 41.7 Å². The number of anilines is 6. The van der Waals surface area contributed by atoms with Crippen LogP contribution in [0.15, 0.2) is 255 Å². The molecule has 0 heterocycles. The molecule has 2 heteroatoms. The zero-order valence-electron chi connectivity index (χ0n) is 36.5. The van der Waals surface area contributed by atoms with Crippen molar-refractivity contribution in [1.82, 2.24) is 0 Å². The highest BCUT2D eigenvalue weighted by Gasteiger charge is 2.13. The first kappa shape index (κ1) is 40.1. The summed E-state index contributed by atoms with van der Waals surface area (Å²) >= 11 is 0. The summed E-state index contributed by atoms with van der Waals surface area (Å²) in [6.07, 6.45) is 8.90. The van der Waals surface area contributed by atoms with Gasteiger partial charge in [-0.2, -0.15) is 0 Å². The fourth-order valence-electron chi connectivity index (χ4n) is 9.21. The van der Waals surface area contributed by atoms with Crippen molar-refractivity contribution in [2.75, 3.05) is 9.80 Å². The van der Waals surface area contributed by atoms with E-state index in [0.29, 0.717) is 0 Å². The van der Waals surface area contributed by atoms with Crippen LogP contribution >= 0.6 is 0 Å². The second kappa shape index (κ2) is 18.2. The van der Waals surface area contributed by atoms with E-state index >= 15 is 0 Å². The van der Waals surface area contributed by atoms with Gasteiger partial charge in [0.1, 0.15) is 0 Å². The molecular formula is C64H46N2. The molecule has 2 nitrogen and oxygen atoms in total. The maximum atomic E-state index is 2.36. The Kier molecular flexibility index (Phi) is 11.0. The fraction of sp³-hybridized carbons (Fsp3) is 0. The molecule has 0 saturated carbocycles. The molecule has 0 radical (unpaired) electrons. The van der Waals surface area contributed by atoms with E-state index in [1.54, 1.807) is 0 Å². The molecule has 10 aromatic rings. The normalized spacial score (nSPS) is 11.5. The molecule has 0 bridgehead atoms. The van der Waals surface area contributed by atoms with Crippen LogP contribution in [0.2, 0.25) is 0 Å².